The molecule has 0 fully saturated rings. The van der Waals surface area contributed by atoms with Gasteiger partial charge in [-0.05, 0) is 36.2 Å². The predicted octanol–water partition coefficient (Wildman–Crippen LogP) is 4.94. The summed E-state index contributed by atoms with van der Waals surface area (Å²) in [6.45, 7) is 5.41. The molecule has 0 spiro atoms. The number of thioether (sulfide) groups is 1. The molecule has 1 aromatic heterocycles. The maximum Gasteiger partial charge on any atom is 0.338 e. The summed E-state index contributed by atoms with van der Waals surface area (Å²) in [5.41, 5.74) is 2.70. The van der Waals surface area contributed by atoms with Crippen LogP contribution in [-0.2, 0) is 15.3 Å². The number of carbonyl (C=O) groups is 2. The summed E-state index contributed by atoms with van der Waals surface area (Å²) in [7, 11) is 0. The van der Waals surface area contributed by atoms with Gasteiger partial charge in [0, 0.05) is 16.5 Å². The molecule has 1 aliphatic heterocycles. The van der Waals surface area contributed by atoms with Crippen LogP contribution in [0, 0.1) is 0 Å². The Morgan fingerprint density at radius 2 is 2.00 bits per heavy atom. The van der Waals surface area contributed by atoms with Gasteiger partial charge in [-0.25, -0.2) is 14.3 Å². The molecule has 1 aliphatic rings. The first kappa shape index (κ1) is 23.6. The van der Waals surface area contributed by atoms with E-state index in [1.54, 1.807) is 23.7 Å². The van der Waals surface area contributed by atoms with Crippen molar-refractivity contribution in [3.05, 3.63) is 94.2 Å². The first-order chi connectivity index (χ1) is 16.4. The van der Waals surface area contributed by atoms with Crippen molar-refractivity contribution in [2.45, 2.75) is 23.9 Å². The van der Waals surface area contributed by atoms with Gasteiger partial charge in [0.2, 0.25) is 11.1 Å². The van der Waals surface area contributed by atoms with Gasteiger partial charge in [-0.3, -0.25) is 0 Å². The van der Waals surface area contributed by atoms with Crippen LogP contribution in [0.4, 0.5) is 5.95 Å². The summed E-state index contributed by atoms with van der Waals surface area (Å²) in [4.78, 5) is 28.8. The molecule has 0 aliphatic carbocycles. The molecule has 4 rings (SSSR count). The van der Waals surface area contributed by atoms with Crippen molar-refractivity contribution < 1.29 is 19.4 Å². The number of esters is 1. The Morgan fingerprint density at radius 1 is 1.26 bits per heavy atom. The van der Waals surface area contributed by atoms with Gasteiger partial charge in [0.05, 0.1) is 11.1 Å². The number of nitrogens with zero attached hydrogens (tertiary/aromatic N) is 3. The lowest BCUT2D eigenvalue weighted by molar-refractivity contribution is -0.138. The smallest absolute Gasteiger partial charge is 0.338 e. The van der Waals surface area contributed by atoms with E-state index in [1.165, 1.54) is 30.0 Å². The summed E-state index contributed by atoms with van der Waals surface area (Å²) < 4.78 is 6.94. The molecule has 2 N–H and O–H groups in total. The van der Waals surface area contributed by atoms with Gasteiger partial charge in [-0.1, -0.05) is 66.3 Å². The Morgan fingerprint density at radius 3 is 2.68 bits per heavy atom. The highest BCUT2D eigenvalue weighted by atomic mass is 35.5. The van der Waals surface area contributed by atoms with Crippen molar-refractivity contribution in [2.24, 2.45) is 0 Å². The molecule has 0 saturated carbocycles. The van der Waals surface area contributed by atoms with Gasteiger partial charge in [-0.15, -0.1) is 5.10 Å². The zero-order valence-corrected chi connectivity index (χ0v) is 19.8. The van der Waals surface area contributed by atoms with Crippen molar-refractivity contribution in [3.63, 3.8) is 0 Å². The van der Waals surface area contributed by atoms with Crippen LogP contribution >= 0.6 is 23.4 Å². The Bertz CT molecular complexity index is 1290. The van der Waals surface area contributed by atoms with Crippen LogP contribution in [0.15, 0.2) is 77.6 Å². The van der Waals surface area contributed by atoms with E-state index in [0.29, 0.717) is 38.7 Å². The van der Waals surface area contributed by atoms with Gasteiger partial charge < -0.3 is 15.2 Å². The third-order valence-electron chi connectivity index (χ3n) is 5.17. The van der Waals surface area contributed by atoms with E-state index >= 15 is 0 Å². The van der Waals surface area contributed by atoms with Crippen molar-refractivity contribution in [1.82, 2.24) is 14.8 Å². The number of carboxylic acids is 1. The number of fused-ring (bicyclic) bond motifs is 1. The first-order valence-electron chi connectivity index (χ1n) is 10.3. The second-order valence-corrected chi connectivity index (χ2v) is 8.77. The minimum Gasteiger partial charge on any atom is -0.478 e. The normalized spacial score (nSPS) is 14.8. The lowest BCUT2D eigenvalue weighted by atomic mass is 9.95. The van der Waals surface area contributed by atoms with Gasteiger partial charge >= 0.3 is 11.9 Å². The average Bonchev–Trinajstić information content (AvgIpc) is 3.23. The number of halogens is 1. The maximum absolute atomic E-state index is 12.9. The minimum absolute atomic E-state index is 0.0590. The van der Waals surface area contributed by atoms with Crippen LogP contribution in [0.5, 0.6) is 0 Å². The van der Waals surface area contributed by atoms with Gasteiger partial charge in [0.25, 0.3) is 0 Å². The number of aromatic carboxylic acids is 1. The lowest BCUT2D eigenvalue weighted by Crippen LogP contribution is -2.29. The zero-order chi connectivity index (χ0) is 24.2. The number of benzene rings is 2. The van der Waals surface area contributed by atoms with Crippen molar-refractivity contribution >= 4 is 41.2 Å². The van der Waals surface area contributed by atoms with Gasteiger partial charge in [-0.2, -0.15) is 4.98 Å². The molecule has 0 radical (unpaired) electrons. The van der Waals surface area contributed by atoms with Gasteiger partial charge in [0.15, 0.2) is 0 Å². The van der Waals surface area contributed by atoms with E-state index in [9.17, 15) is 14.7 Å². The van der Waals surface area contributed by atoms with Crippen LogP contribution in [0.3, 0.4) is 0 Å². The lowest BCUT2D eigenvalue weighted by Gasteiger charge is -2.28. The number of anilines is 1. The molecule has 2 heterocycles. The molecule has 1 unspecified atom stereocenters. The molecule has 3 aromatic rings. The van der Waals surface area contributed by atoms with E-state index in [2.05, 4.69) is 22.0 Å². The van der Waals surface area contributed by atoms with Gasteiger partial charge in [0.1, 0.15) is 12.6 Å². The second kappa shape index (κ2) is 10.1. The average molecular weight is 497 g/mol. The van der Waals surface area contributed by atoms with E-state index in [-0.39, 0.29) is 12.2 Å². The summed E-state index contributed by atoms with van der Waals surface area (Å²) in [6, 6.07) is 13.2. The zero-order valence-electron chi connectivity index (χ0n) is 18.2. The molecular weight excluding hydrogens is 476 g/mol. The Kier molecular flexibility index (Phi) is 7.04. The predicted molar refractivity (Wildman–Crippen MR) is 130 cm³/mol. The SMILES string of the molecule is C=CCOC(=O)C1=C(C)Nc2nc(SCc3ccccc3Cl)nn2C1c1ccc(C(=O)O)cc1. The molecule has 0 bridgehead atoms. The standard InChI is InChI=1S/C24H21ClN4O4S/c1-3-12-33-22(32)19-14(2)26-23-27-24(34-13-17-6-4-5-7-18(17)25)28-29(23)20(19)15-8-10-16(11-9-15)21(30)31/h3-11,20H,1,12-13H2,2H3,(H,30,31)(H,26,27,28). The number of rotatable bonds is 8. The molecule has 8 nitrogen and oxygen atoms in total. The number of carbonyl (C=O) groups excluding carboxylic acids is 1. The molecule has 0 saturated heterocycles. The van der Waals surface area contributed by atoms with Crippen molar-refractivity contribution in [2.75, 3.05) is 11.9 Å². The van der Waals surface area contributed by atoms with Crippen LogP contribution in [-0.4, -0.2) is 38.4 Å². The van der Waals surface area contributed by atoms with E-state index in [4.69, 9.17) is 16.3 Å². The molecule has 34 heavy (non-hydrogen) atoms. The van der Waals surface area contributed by atoms with Crippen LogP contribution in [0.1, 0.15) is 34.5 Å². The first-order valence-corrected chi connectivity index (χ1v) is 11.7. The molecular formula is C24H21ClN4O4S. The van der Waals surface area contributed by atoms with E-state index in [1.807, 2.05) is 24.3 Å². The molecule has 174 valence electrons. The van der Waals surface area contributed by atoms with Crippen LogP contribution < -0.4 is 5.32 Å². The number of hydrogen-bond acceptors (Lipinski definition) is 7. The topological polar surface area (TPSA) is 106 Å². The fraction of sp³-hybridized carbons (Fsp3) is 0.167. The number of carboxylic acid groups (broad SMARTS) is 1. The summed E-state index contributed by atoms with van der Waals surface area (Å²) in [5, 5.41) is 18.2. The number of nitrogens with one attached hydrogen (secondary N) is 1. The van der Waals surface area contributed by atoms with Crippen LogP contribution in [0.2, 0.25) is 5.02 Å². The Hall–Kier alpha value is -3.56. The highest BCUT2D eigenvalue weighted by molar-refractivity contribution is 7.98. The third-order valence-corrected chi connectivity index (χ3v) is 6.43. The maximum atomic E-state index is 12.9. The van der Waals surface area contributed by atoms with Crippen molar-refractivity contribution in [1.29, 1.82) is 0 Å². The second-order valence-electron chi connectivity index (χ2n) is 7.42. The molecule has 2 aromatic carbocycles. The number of hydrogen-bond donors (Lipinski definition) is 2. The third kappa shape index (κ3) is 4.85. The number of ether oxygens (including phenoxy) is 1. The highest BCUT2D eigenvalue weighted by Gasteiger charge is 2.35. The fourth-order valence-electron chi connectivity index (χ4n) is 3.54. The summed E-state index contributed by atoms with van der Waals surface area (Å²) in [6.07, 6.45) is 1.49. The van der Waals surface area contributed by atoms with E-state index < -0.39 is 18.0 Å². The number of aromatic nitrogens is 3. The molecule has 10 heteroatoms. The molecule has 0 amide bonds. The fourth-order valence-corrected chi connectivity index (χ4v) is 4.66. The Balaban J connectivity index is 1.70. The minimum atomic E-state index is -1.03. The summed E-state index contributed by atoms with van der Waals surface area (Å²) >= 11 is 7.68. The summed E-state index contributed by atoms with van der Waals surface area (Å²) in [5.74, 6) is -0.522. The monoisotopic (exact) mass is 496 g/mol. The largest absolute Gasteiger partial charge is 0.478 e. The number of allylic oxidation sites excluding steroid dienone is 1. The van der Waals surface area contributed by atoms with Crippen LogP contribution in [0.25, 0.3) is 0 Å². The molecule has 1 atom stereocenters. The Labute approximate surface area is 205 Å². The van der Waals surface area contributed by atoms with E-state index in [0.717, 1.165) is 5.56 Å². The van der Waals surface area contributed by atoms with Crippen molar-refractivity contribution in [3.8, 4) is 0 Å². The highest BCUT2D eigenvalue weighted by Crippen LogP contribution is 2.37. The quantitative estimate of drug-likeness (QED) is 0.256.